The third-order valence-corrected chi connectivity index (χ3v) is 5.52. The molecule has 3 heterocycles. The Labute approximate surface area is 197 Å². The van der Waals surface area contributed by atoms with Crippen molar-refractivity contribution in [3.8, 4) is 34.0 Å². The number of rotatable bonds is 4. The lowest BCUT2D eigenvalue weighted by Gasteiger charge is -2.26. The zero-order valence-electron chi connectivity index (χ0n) is 18.4. The van der Waals surface area contributed by atoms with Crippen molar-refractivity contribution in [3.05, 3.63) is 55.0 Å². The maximum absolute atomic E-state index is 12.7. The second kappa shape index (κ2) is 9.88. The van der Waals surface area contributed by atoms with E-state index in [0.29, 0.717) is 49.0 Å². The van der Waals surface area contributed by atoms with Crippen molar-refractivity contribution in [2.75, 3.05) is 33.4 Å². The van der Waals surface area contributed by atoms with Gasteiger partial charge < -0.3 is 19.1 Å². The zero-order chi connectivity index (χ0) is 22.8. The summed E-state index contributed by atoms with van der Waals surface area (Å²) in [6.07, 6.45) is 2.99. The summed E-state index contributed by atoms with van der Waals surface area (Å²) in [6, 6.07) is 13.4. The minimum atomic E-state index is -0.444. The summed E-state index contributed by atoms with van der Waals surface area (Å²) in [5.41, 5.74) is 4.00. The van der Waals surface area contributed by atoms with Crippen LogP contribution in [0.15, 0.2) is 55.0 Å². The number of hydrogen-bond acceptors (Lipinski definition) is 7. The summed E-state index contributed by atoms with van der Waals surface area (Å²) in [4.78, 5) is 23.3. The van der Waals surface area contributed by atoms with Gasteiger partial charge in [0.2, 0.25) is 0 Å². The number of morpholine rings is 1. The first-order valence-corrected chi connectivity index (χ1v) is 10.6. The fourth-order valence-corrected chi connectivity index (χ4v) is 3.89. The van der Waals surface area contributed by atoms with Gasteiger partial charge in [-0.2, -0.15) is 5.10 Å². The van der Waals surface area contributed by atoms with Crippen LogP contribution < -0.4 is 9.47 Å². The van der Waals surface area contributed by atoms with E-state index in [1.807, 2.05) is 43.6 Å². The molecule has 0 spiro atoms. The monoisotopic (exact) mass is 461 g/mol. The molecule has 1 aliphatic rings. The molecule has 1 amide bonds. The quantitative estimate of drug-likeness (QED) is 0.450. The van der Waals surface area contributed by atoms with Gasteiger partial charge in [0.25, 0.3) is 0 Å². The van der Waals surface area contributed by atoms with Gasteiger partial charge in [-0.1, -0.05) is 37.8 Å². The highest BCUT2D eigenvalue weighted by Gasteiger charge is 2.22. The Balaban J connectivity index is 0.00000274. The summed E-state index contributed by atoms with van der Waals surface area (Å²) < 4.78 is 18.3. The average molecular weight is 462 g/mol. The van der Waals surface area contributed by atoms with E-state index in [0.717, 1.165) is 22.2 Å². The Morgan fingerprint density at radius 2 is 1.79 bits per heavy atom. The van der Waals surface area contributed by atoms with Crippen LogP contribution in [0.2, 0.25) is 0 Å². The van der Waals surface area contributed by atoms with E-state index in [2.05, 4.69) is 15.1 Å². The van der Waals surface area contributed by atoms with Gasteiger partial charge >= 0.3 is 6.09 Å². The second-order valence-corrected chi connectivity index (χ2v) is 7.64. The van der Waals surface area contributed by atoms with Crippen LogP contribution in [0.4, 0.5) is 4.79 Å². The third kappa shape index (κ3) is 4.42. The number of aromatic nitrogens is 4. The smallest absolute Gasteiger partial charge is 0.415 e. The van der Waals surface area contributed by atoms with Gasteiger partial charge in [-0.25, -0.2) is 14.8 Å². The molecule has 2 aromatic carbocycles. The van der Waals surface area contributed by atoms with E-state index in [1.165, 1.54) is 13.4 Å². The molecule has 1 saturated heterocycles. The lowest BCUT2D eigenvalue weighted by atomic mass is 10.0. The number of amides is 1. The van der Waals surface area contributed by atoms with Crippen LogP contribution in [0.5, 0.6) is 11.5 Å². The van der Waals surface area contributed by atoms with Crippen LogP contribution >= 0.6 is 0 Å². The molecule has 0 unspecified atom stereocenters. The van der Waals surface area contributed by atoms with Gasteiger partial charge in [0.05, 0.1) is 31.5 Å². The normalized spacial score (nSPS) is 13.4. The molecule has 176 valence electrons. The van der Waals surface area contributed by atoms with Crippen molar-refractivity contribution in [2.45, 2.75) is 7.43 Å². The molecule has 34 heavy (non-hydrogen) atoms. The number of nitrogens with zero attached hydrogens (tertiary/aromatic N) is 5. The lowest BCUT2D eigenvalue weighted by molar-refractivity contribution is 0.0413. The Hall–Kier alpha value is -3.98. The molecule has 0 atom stereocenters. The van der Waals surface area contributed by atoms with Crippen molar-refractivity contribution < 1.29 is 19.0 Å². The number of carbonyl (C=O) groups excluding carboxylic acids is 1. The molecule has 0 aliphatic carbocycles. The van der Waals surface area contributed by atoms with Crippen molar-refractivity contribution >= 4 is 17.0 Å². The molecule has 1 aliphatic heterocycles. The van der Waals surface area contributed by atoms with Crippen LogP contribution in [0.1, 0.15) is 7.43 Å². The number of carbonyl (C=O) groups is 1. The maximum Gasteiger partial charge on any atom is 0.415 e. The van der Waals surface area contributed by atoms with Gasteiger partial charge in [0.15, 0.2) is 11.5 Å². The van der Waals surface area contributed by atoms with E-state index < -0.39 is 6.09 Å². The van der Waals surface area contributed by atoms with E-state index >= 15 is 0 Å². The molecule has 5 rings (SSSR count). The molecular formula is C25H27N5O4. The molecule has 9 heteroatoms. The fourth-order valence-electron chi connectivity index (χ4n) is 3.89. The molecule has 0 N–H and O–H groups in total. The Kier molecular flexibility index (Phi) is 6.74. The molecule has 0 radical (unpaired) electrons. The van der Waals surface area contributed by atoms with Gasteiger partial charge in [0.1, 0.15) is 12.0 Å². The van der Waals surface area contributed by atoms with Crippen LogP contribution in [-0.4, -0.2) is 64.2 Å². The van der Waals surface area contributed by atoms with Gasteiger partial charge in [0, 0.05) is 48.9 Å². The first-order chi connectivity index (χ1) is 16.1. The minimum absolute atomic E-state index is 0. The highest BCUT2D eigenvalue weighted by Crippen LogP contribution is 2.38. The van der Waals surface area contributed by atoms with E-state index in [9.17, 15) is 4.79 Å². The number of hydrogen-bond donors (Lipinski definition) is 0. The Morgan fingerprint density at radius 3 is 2.53 bits per heavy atom. The maximum atomic E-state index is 12.7. The first-order valence-electron chi connectivity index (χ1n) is 10.6. The summed E-state index contributed by atoms with van der Waals surface area (Å²) in [5.74, 6) is 0.728. The van der Waals surface area contributed by atoms with Crippen molar-refractivity contribution in [3.63, 3.8) is 0 Å². The summed E-state index contributed by atoms with van der Waals surface area (Å²) in [5, 5.41) is 5.39. The standard InChI is InChI=1S/C24H23N5O4.CH4/c1-28-14-18(22(27-28)16-6-4-3-5-7-16)23-17-12-21(20(31-2)13-19(17)25-15-26-23)33-24(30)29-8-10-32-11-9-29;/h3-7,12-15H,8-11H2,1-2H3;1H4. The van der Waals surface area contributed by atoms with Crippen molar-refractivity contribution in [1.29, 1.82) is 0 Å². The topological polar surface area (TPSA) is 91.6 Å². The highest BCUT2D eigenvalue weighted by molar-refractivity contribution is 5.97. The zero-order valence-corrected chi connectivity index (χ0v) is 18.4. The van der Waals surface area contributed by atoms with E-state index in [-0.39, 0.29) is 7.43 Å². The predicted octanol–water partition coefficient (Wildman–Crippen LogP) is 4.17. The van der Waals surface area contributed by atoms with Crippen LogP contribution in [-0.2, 0) is 11.8 Å². The number of ether oxygens (including phenoxy) is 3. The summed E-state index contributed by atoms with van der Waals surface area (Å²) >= 11 is 0. The van der Waals surface area contributed by atoms with Gasteiger partial charge in [-0.15, -0.1) is 0 Å². The Bertz CT molecular complexity index is 1300. The third-order valence-electron chi connectivity index (χ3n) is 5.52. The molecule has 0 saturated carbocycles. The Morgan fingerprint density at radius 1 is 1.03 bits per heavy atom. The number of methoxy groups -OCH3 is 1. The highest BCUT2D eigenvalue weighted by atomic mass is 16.6. The molecule has 4 aromatic rings. The average Bonchev–Trinajstić information content (AvgIpc) is 3.25. The first kappa shape index (κ1) is 23.2. The predicted molar refractivity (Wildman–Crippen MR) is 129 cm³/mol. The minimum Gasteiger partial charge on any atom is -0.493 e. The summed E-state index contributed by atoms with van der Waals surface area (Å²) in [6.45, 7) is 1.95. The summed E-state index contributed by atoms with van der Waals surface area (Å²) in [7, 11) is 3.40. The van der Waals surface area contributed by atoms with E-state index in [1.54, 1.807) is 21.7 Å². The van der Waals surface area contributed by atoms with Crippen LogP contribution in [0.3, 0.4) is 0 Å². The molecule has 2 aromatic heterocycles. The SMILES string of the molecule is C.COc1cc2ncnc(-c3cn(C)nc3-c3ccccc3)c2cc1OC(=O)N1CCOCC1. The molecular weight excluding hydrogens is 434 g/mol. The number of benzene rings is 2. The van der Waals surface area contributed by atoms with Crippen molar-refractivity contribution in [1.82, 2.24) is 24.6 Å². The second-order valence-electron chi connectivity index (χ2n) is 7.64. The number of aryl methyl sites for hydroxylation is 1. The molecule has 0 bridgehead atoms. The van der Waals surface area contributed by atoms with E-state index in [4.69, 9.17) is 14.2 Å². The number of fused-ring (bicyclic) bond motifs is 1. The lowest BCUT2D eigenvalue weighted by Crippen LogP contribution is -2.42. The van der Waals surface area contributed by atoms with Crippen molar-refractivity contribution in [2.24, 2.45) is 7.05 Å². The van der Waals surface area contributed by atoms with Gasteiger partial charge in [-0.3, -0.25) is 4.68 Å². The fraction of sp³-hybridized carbons (Fsp3) is 0.280. The molecule has 9 nitrogen and oxygen atoms in total. The molecule has 1 fully saturated rings. The van der Waals surface area contributed by atoms with Gasteiger partial charge in [-0.05, 0) is 6.07 Å². The largest absolute Gasteiger partial charge is 0.493 e. The van der Waals surface area contributed by atoms with Crippen LogP contribution in [0.25, 0.3) is 33.4 Å². The van der Waals surface area contributed by atoms with Crippen LogP contribution in [0, 0.1) is 0 Å².